The van der Waals surface area contributed by atoms with Crippen LogP contribution in [-0.2, 0) is 11.3 Å². The van der Waals surface area contributed by atoms with E-state index in [1.165, 1.54) is 4.88 Å². The standard InChI is InChI=1S/C19H25N3O2S/c1-24-18-7-3-2-6-17(18)22-12-10-21(11-13-22)9-8-19(23)20-15-16-5-4-14-25-16/h2-7,14H,8-13,15H2,1H3,(H,20,23). The van der Waals surface area contributed by atoms with Crippen LogP contribution in [0.5, 0.6) is 5.75 Å². The molecule has 25 heavy (non-hydrogen) atoms. The number of carbonyl (C=O) groups is 1. The smallest absolute Gasteiger partial charge is 0.221 e. The van der Waals surface area contributed by atoms with Gasteiger partial charge in [-0.1, -0.05) is 18.2 Å². The lowest BCUT2D eigenvalue weighted by atomic mass is 10.2. The van der Waals surface area contributed by atoms with Crippen LogP contribution in [0, 0.1) is 0 Å². The van der Waals surface area contributed by atoms with E-state index in [-0.39, 0.29) is 5.91 Å². The van der Waals surface area contributed by atoms with E-state index in [2.05, 4.69) is 21.2 Å². The first-order valence-corrected chi connectivity index (χ1v) is 9.53. The summed E-state index contributed by atoms with van der Waals surface area (Å²) in [5.41, 5.74) is 1.15. The Bertz CT molecular complexity index is 667. The van der Waals surface area contributed by atoms with Crippen molar-refractivity contribution in [3.05, 3.63) is 46.7 Å². The third kappa shape index (κ3) is 4.96. The van der Waals surface area contributed by atoms with Crippen molar-refractivity contribution in [3.63, 3.8) is 0 Å². The third-order valence-corrected chi connectivity index (χ3v) is 5.37. The van der Waals surface area contributed by atoms with Crippen molar-refractivity contribution in [2.75, 3.05) is 44.7 Å². The predicted molar refractivity (Wildman–Crippen MR) is 102 cm³/mol. The average Bonchev–Trinajstić information content (AvgIpc) is 3.19. The lowest BCUT2D eigenvalue weighted by molar-refractivity contribution is -0.121. The van der Waals surface area contributed by atoms with Crippen molar-refractivity contribution in [1.29, 1.82) is 0 Å². The minimum Gasteiger partial charge on any atom is -0.495 e. The summed E-state index contributed by atoms with van der Waals surface area (Å²) in [7, 11) is 1.71. The molecule has 0 saturated carbocycles. The van der Waals surface area contributed by atoms with E-state index in [0.717, 1.165) is 44.2 Å². The van der Waals surface area contributed by atoms with Gasteiger partial charge in [-0.3, -0.25) is 9.69 Å². The van der Waals surface area contributed by atoms with Gasteiger partial charge in [-0.05, 0) is 23.6 Å². The zero-order chi connectivity index (χ0) is 17.5. The summed E-state index contributed by atoms with van der Waals surface area (Å²) in [6.07, 6.45) is 0.556. The van der Waals surface area contributed by atoms with Crippen LogP contribution in [0.2, 0.25) is 0 Å². The highest BCUT2D eigenvalue weighted by Gasteiger charge is 2.19. The van der Waals surface area contributed by atoms with Crippen molar-refractivity contribution in [1.82, 2.24) is 10.2 Å². The zero-order valence-corrected chi connectivity index (χ0v) is 15.4. The summed E-state index contributed by atoms with van der Waals surface area (Å²) in [5, 5.41) is 5.02. The minimum absolute atomic E-state index is 0.126. The largest absolute Gasteiger partial charge is 0.495 e. The van der Waals surface area contributed by atoms with E-state index < -0.39 is 0 Å². The van der Waals surface area contributed by atoms with Crippen LogP contribution in [0.1, 0.15) is 11.3 Å². The Morgan fingerprint density at radius 1 is 1.16 bits per heavy atom. The zero-order valence-electron chi connectivity index (χ0n) is 14.6. The molecule has 5 nitrogen and oxygen atoms in total. The number of hydrogen-bond donors (Lipinski definition) is 1. The van der Waals surface area contributed by atoms with E-state index in [4.69, 9.17) is 4.74 Å². The topological polar surface area (TPSA) is 44.8 Å². The molecule has 3 rings (SSSR count). The lowest BCUT2D eigenvalue weighted by Crippen LogP contribution is -2.47. The van der Waals surface area contributed by atoms with Gasteiger partial charge in [0.15, 0.2) is 0 Å². The molecule has 0 radical (unpaired) electrons. The van der Waals surface area contributed by atoms with Crippen LogP contribution in [0.25, 0.3) is 0 Å². The first-order valence-electron chi connectivity index (χ1n) is 8.65. The molecular weight excluding hydrogens is 334 g/mol. The average molecular weight is 359 g/mol. The van der Waals surface area contributed by atoms with Gasteiger partial charge in [0.25, 0.3) is 0 Å². The molecule has 1 aromatic heterocycles. The Balaban J connectivity index is 1.39. The fourth-order valence-corrected chi connectivity index (χ4v) is 3.69. The second kappa shape index (κ2) is 8.87. The van der Waals surface area contributed by atoms with Crippen molar-refractivity contribution in [2.24, 2.45) is 0 Å². The van der Waals surface area contributed by atoms with E-state index in [0.29, 0.717) is 13.0 Å². The Morgan fingerprint density at radius 3 is 2.68 bits per heavy atom. The molecule has 6 heteroatoms. The Hall–Kier alpha value is -2.05. The van der Waals surface area contributed by atoms with E-state index >= 15 is 0 Å². The highest BCUT2D eigenvalue weighted by molar-refractivity contribution is 7.09. The molecule has 1 saturated heterocycles. The molecule has 1 aliphatic heterocycles. The highest BCUT2D eigenvalue weighted by Crippen LogP contribution is 2.28. The van der Waals surface area contributed by atoms with Gasteiger partial charge < -0.3 is 15.0 Å². The lowest BCUT2D eigenvalue weighted by Gasteiger charge is -2.36. The quantitative estimate of drug-likeness (QED) is 0.825. The van der Waals surface area contributed by atoms with Gasteiger partial charge in [-0.25, -0.2) is 0 Å². The number of anilines is 1. The maximum atomic E-state index is 12.0. The van der Waals surface area contributed by atoms with Crippen molar-refractivity contribution < 1.29 is 9.53 Å². The molecule has 1 aliphatic rings. The van der Waals surface area contributed by atoms with Gasteiger partial charge in [0.2, 0.25) is 5.91 Å². The van der Waals surface area contributed by atoms with E-state index in [1.54, 1.807) is 18.4 Å². The summed E-state index contributed by atoms with van der Waals surface area (Å²) in [6.45, 7) is 5.30. The summed E-state index contributed by atoms with van der Waals surface area (Å²) < 4.78 is 5.45. The van der Waals surface area contributed by atoms with Gasteiger partial charge in [-0.2, -0.15) is 0 Å². The fourth-order valence-electron chi connectivity index (χ4n) is 3.05. The molecule has 1 amide bonds. The highest BCUT2D eigenvalue weighted by atomic mass is 32.1. The number of benzene rings is 1. The number of para-hydroxylation sites is 2. The number of amides is 1. The number of carbonyl (C=O) groups excluding carboxylic acids is 1. The maximum Gasteiger partial charge on any atom is 0.221 e. The number of methoxy groups -OCH3 is 1. The molecule has 0 spiro atoms. The van der Waals surface area contributed by atoms with Gasteiger partial charge in [0, 0.05) is 44.0 Å². The molecule has 0 atom stereocenters. The predicted octanol–water partition coefficient (Wildman–Crippen LogP) is 2.59. The van der Waals surface area contributed by atoms with Crippen LogP contribution in [0.3, 0.4) is 0 Å². The third-order valence-electron chi connectivity index (χ3n) is 4.49. The van der Waals surface area contributed by atoms with Gasteiger partial charge in [-0.15, -0.1) is 11.3 Å². The fraction of sp³-hybridized carbons (Fsp3) is 0.421. The molecule has 0 aliphatic carbocycles. The second-order valence-corrected chi connectivity index (χ2v) is 7.14. The summed E-state index contributed by atoms with van der Waals surface area (Å²) in [5.74, 6) is 1.05. The van der Waals surface area contributed by atoms with Gasteiger partial charge >= 0.3 is 0 Å². The monoisotopic (exact) mass is 359 g/mol. The molecule has 1 fully saturated rings. The molecular formula is C19H25N3O2S. The molecule has 2 aromatic rings. The Kier molecular flexibility index (Phi) is 6.30. The number of ether oxygens (including phenoxy) is 1. The Morgan fingerprint density at radius 2 is 1.96 bits per heavy atom. The van der Waals surface area contributed by atoms with Crippen molar-refractivity contribution in [3.8, 4) is 5.75 Å². The Labute approximate surface area is 153 Å². The van der Waals surface area contributed by atoms with Crippen LogP contribution in [-0.4, -0.2) is 50.6 Å². The van der Waals surface area contributed by atoms with Crippen LogP contribution < -0.4 is 15.0 Å². The van der Waals surface area contributed by atoms with Crippen molar-refractivity contribution in [2.45, 2.75) is 13.0 Å². The number of piperazine rings is 1. The summed E-state index contributed by atoms with van der Waals surface area (Å²) in [6, 6.07) is 12.2. The number of nitrogens with one attached hydrogen (secondary N) is 1. The minimum atomic E-state index is 0.126. The molecule has 134 valence electrons. The van der Waals surface area contributed by atoms with Crippen LogP contribution in [0.4, 0.5) is 5.69 Å². The summed E-state index contributed by atoms with van der Waals surface area (Å²) >= 11 is 1.67. The molecule has 1 aromatic carbocycles. The molecule has 0 unspecified atom stereocenters. The number of nitrogens with zero attached hydrogens (tertiary/aromatic N) is 2. The van der Waals surface area contributed by atoms with Gasteiger partial charge in [0.1, 0.15) is 5.75 Å². The summed E-state index contributed by atoms with van der Waals surface area (Å²) in [4.78, 5) is 17.9. The SMILES string of the molecule is COc1ccccc1N1CCN(CCC(=O)NCc2cccs2)CC1. The van der Waals surface area contributed by atoms with Gasteiger partial charge in [0.05, 0.1) is 19.3 Å². The van der Waals surface area contributed by atoms with Crippen molar-refractivity contribution >= 4 is 22.9 Å². The first kappa shape index (κ1) is 17.8. The second-order valence-electron chi connectivity index (χ2n) is 6.11. The molecule has 2 heterocycles. The number of hydrogen-bond acceptors (Lipinski definition) is 5. The molecule has 0 bridgehead atoms. The van der Waals surface area contributed by atoms with Crippen LogP contribution in [0.15, 0.2) is 41.8 Å². The number of thiophene rings is 1. The normalized spacial score (nSPS) is 15.2. The maximum absolute atomic E-state index is 12.0. The number of rotatable bonds is 7. The van der Waals surface area contributed by atoms with E-state index in [1.807, 2.05) is 35.7 Å². The van der Waals surface area contributed by atoms with E-state index in [9.17, 15) is 4.79 Å². The first-order chi connectivity index (χ1) is 12.3. The van der Waals surface area contributed by atoms with Crippen LogP contribution >= 0.6 is 11.3 Å². The molecule has 1 N–H and O–H groups in total.